The third-order valence-corrected chi connectivity index (χ3v) is 5.17. The van der Waals surface area contributed by atoms with E-state index < -0.39 is 21.9 Å². The fourth-order valence-electron chi connectivity index (χ4n) is 1.99. The number of carbonyl (C=O) groups excluding carboxylic acids is 2. The van der Waals surface area contributed by atoms with Gasteiger partial charge >= 0.3 is 5.97 Å². The zero-order valence-electron chi connectivity index (χ0n) is 13.5. The van der Waals surface area contributed by atoms with Gasteiger partial charge < -0.3 is 10.1 Å². The average Bonchev–Trinajstić information content (AvgIpc) is 2.99. The van der Waals surface area contributed by atoms with Crippen LogP contribution in [0.15, 0.2) is 41.3 Å². The van der Waals surface area contributed by atoms with Crippen LogP contribution in [-0.4, -0.2) is 33.4 Å². The van der Waals surface area contributed by atoms with Crippen LogP contribution in [0.4, 0.5) is 0 Å². The zero-order valence-corrected chi connectivity index (χ0v) is 15.2. The maximum Gasteiger partial charge on any atom is 0.348 e. The van der Waals surface area contributed by atoms with Crippen LogP contribution >= 0.6 is 11.3 Å². The number of benzene rings is 1. The van der Waals surface area contributed by atoms with Crippen LogP contribution in [0.25, 0.3) is 0 Å². The van der Waals surface area contributed by atoms with Gasteiger partial charge in [-0.15, -0.1) is 11.3 Å². The number of nitrogens with one attached hydrogen (secondary N) is 1. The molecule has 0 unspecified atom stereocenters. The smallest absolute Gasteiger partial charge is 0.348 e. The molecule has 1 amide bonds. The van der Waals surface area contributed by atoms with Gasteiger partial charge in [-0.05, 0) is 43.2 Å². The number of amides is 1. The molecular formula is C16H18N2O5S2. The molecule has 0 radical (unpaired) electrons. The minimum Gasteiger partial charge on any atom is -0.451 e. The quantitative estimate of drug-likeness (QED) is 0.699. The SMILES string of the molecule is Cc1ccc(C(=O)OCC(=O)NCCc2ccc(S(N)(=O)=O)cc2)s1. The Labute approximate surface area is 149 Å². The summed E-state index contributed by atoms with van der Waals surface area (Å²) in [7, 11) is -3.71. The lowest BCUT2D eigenvalue weighted by Gasteiger charge is -2.06. The van der Waals surface area contributed by atoms with E-state index in [1.807, 2.05) is 13.0 Å². The van der Waals surface area contributed by atoms with Gasteiger partial charge in [0, 0.05) is 11.4 Å². The molecule has 0 spiro atoms. The number of rotatable bonds is 7. The van der Waals surface area contributed by atoms with Crippen LogP contribution in [0, 0.1) is 6.92 Å². The molecule has 2 rings (SSSR count). The Morgan fingerprint density at radius 3 is 2.40 bits per heavy atom. The molecule has 25 heavy (non-hydrogen) atoms. The number of hydrogen-bond acceptors (Lipinski definition) is 6. The normalized spacial score (nSPS) is 11.1. The number of carbonyl (C=O) groups is 2. The lowest BCUT2D eigenvalue weighted by molar-refractivity contribution is -0.124. The van der Waals surface area contributed by atoms with Gasteiger partial charge in [0.1, 0.15) is 4.88 Å². The number of thiophene rings is 1. The highest BCUT2D eigenvalue weighted by Crippen LogP contribution is 2.15. The van der Waals surface area contributed by atoms with E-state index in [2.05, 4.69) is 5.32 Å². The van der Waals surface area contributed by atoms with Crippen LogP contribution in [-0.2, 0) is 26.0 Å². The van der Waals surface area contributed by atoms with Crippen LogP contribution in [0.2, 0.25) is 0 Å². The van der Waals surface area contributed by atoms with Crippen molar-refractivity contribution in [2.75, 3.05) is 13.2 Å². The zero-order chi connectivity index (χ0) is 18.4. The van der Waals surface area contributed by atoms with E-state index in [1.54, 1.807) is 18.2 Å². The van der Waals surface area contributed by atoms with Gasteiger partial charge in [0.15, 0.2) is 6.61 Å². The van der Waals surface area contributed by atoms with E-state index in [4.69, 9.17) is 9.88 Å². The predicted molar refractivity (Wildman–Crippen MR) is 93.9 cm³/mol. The maximum absolute atomic E-state index is 11.7. The minimum atomic E-state index is -3.71. The molecule has 2 aromatic rings. The average molecular weight is 382 g/mol. The van der Waals surface area contributed by atoms with Gasteiger partial charge in [-0.2, -0.15) is 0 Å². The summed E-state index contributed by atoms with van der Waals surface area (Å²) in [5.41, 5.74) is 0.846. The summed E-state index contributed by atoms with van der Waals surface area (Å²) in [6.07, 6.45) is 0.509. The predicted octanol–water partition coefficient (Wildman–Crippen LogP) is 1.22. The fourth-order valence-corrected chi connectivity index (χ4v) is 3.27. The lowest BCUT2D eigenvalue weighted by atomic mass is 10.1. The molecule has 134 valence electrons. The van der Waals surface area contributed by atoms with E-state index in [1.165, 1.54) is 23.5 Å². The summed E-state index contributed by atoms with van der Waals surface area (Å²) in [5.74, 6) is -0.922. The molecule has 7 nitrogen and oxygen atoms in total. The van der Waals surface area contributed by atoms with E-state index in [-0.39, 0.29) is 11.5 Å². The second-order valence-electron chi connectivity index (χ2n) is 5.28. The Morgan fingerprint density at radius 1 is 1.16 bits per heavy atom. The molecule has 3 N–H and O–H groups in total. The number of ether oxygens (including phenoxy) is 1. The first-order chi connectivity index (χ1) is 11.8. The maximum atomic E-state index is 11.7. The van der Waals surface area contributed by atoms with Gasteiger partial charge in [0.25, 0.3) is 5.91 Å². The van der Waals surface area contributed by atoms with Crippen molar-refractivity contribution in [3.63, 3.8) is 0 Å². The first-order valence-corrected chi connectivity index (χ1v) is 9.74. The van der Waals surface area contributed by atoms with Crippen molar-refractivity contribution < 1.29 is 22.7 Å². The molecule has 1 aromatic carbocycles. The standard InChI is InChI=1S/C16H18N2O5S2/c1-11-2-7-14(24-11)16(20)23-10-15(19)18-9-8-12-3-5-13(6-4-12)25(17,21)22/h2-7H,8-10H2,1H3,(H,18,19)(H2,17,21,22). The van der Waals surface area contributed by atoms with Crippen molar-refractivity contribution in [2.45, 2.75) is 18.2 Å². The van der Waals surface area contributed by atoms with Crippen molar-refractivity contribution in [3.8, 4) is 0 Å². The molecule has 0 saturated carbocycles. The van der Waals surface area contributed by atoms with Gasteiger partial charge in [-0.3, -0.25) is 4.79 Å². The number of sulfonamides is 1. The lowest BCUT2D eigenvalue weighted by Crippen LogP contribution is -2.30. The number of aryl methyl sites for hydroxylation is 1. The highest BCUT2D eigenvalue weighted by Gasteiger charge is 2.12. The largest absolute Gasteiger partial charge is 0.451 e. The van der Waals surface area contributed by atoms with E-state index in [0.29, 0.717) is 17.8 Å². The first kappa shape index (κ1) is 19.1. The van der Waals surface area contributed by atoms with Gasteiger partial charge in [0.2, 0.25) is 10.0 Å². The van der Waals surface area contributed by atoms with Crippen molar-refractivity contribution in [1.29, 1.82) is 0 Å². The summed E-state index contributed by atoms with van der Waals surface area (Å²) in [6.45, 7) is 1.87. The molecule has 1 heterocycles. The number of hydrogen-bond donors (Lipinski definition) is 2. The third kappa shape index (κ3) is 5.96. The molecule has 0 saturated heterocycles. The molecule has 0 aliphatic carbocycles. The molecule has 9 heteroatoms. The monoisotopic (exact) mass is 382 g/mol. The Morgan fingerprint density at radius 2 is 1.84 bits per heavy atom. The summed E-state index contributed by atoms with van der Waals surface area (Å²) in [6, 6.07) is 9.55. The fraction of sp³-hybridized carbons (Fsp3) is 0.250. The van der Waals surface area contributed by atoms with Crippen molar-refractivity contribution in [2.24, 2.45) is 5.14 Å². The second-order valence-corrected chi connectivity index (χ2v) is 8.12. The second kappa shape index (κ2) is 8.24. The molecule has 0 atom stereocenters. The van der Waals surface area contributed by atoms with Crippen LogP contribution in [0.1, 0.15) is 20.1 Å². The molecule has 0 aliphatic heterocycles. The Bertz CT molecular complexity index is 857. The number of esters is 1. The van der Waals surface area contributed by atoms with Crippen molar-refractivity contribution >= 4 is 33.2 Å². The topological polar surface area (TPSA) is 116 Å². The van der Waals surface area contributed by atoms with Crippen molar-refractivity contribution in [1.82, 2.24) is 5.32 Å². The van der Waals surface area contributed by atoms with E-state index in [9.17, 15) is 18.0 Å². The molecule has 0 bridgehead atoms. The van der Waals surface area contributed by atoms with E-state index >= 15 is 0 Å². The van der Waals surface area contributed by atoms with Gasteiger partial charge in [-0.25, -0.2) is 18.4 Å². The van der Waals surface area contributed by atoms with Crippen molar-refractivity contribution in [3.05, 3.63) is 51.7 Å². The summed E-state index contributed by atoms with van der Waals surface area (Å²) >= 11 is 1.31. The Kier molecular flexibility index (Phi) is 6.29. The summed E-state index contributed by atoms with van der Waals surface area (Å²) in [4.78, 5) is 24.9. The molecule has 0 aliphatic rings. The first-order valence-electron chi connectivity index (χ1n) is 7.38. The highest BCUT2D eigenvalue weighted by atomic mass is 32.2. The summed E-state index contributed by atoms with van der Waals surface area (Å²) < 4.78 is 27.3. The van der Waals surface area contributed by atoms with Gasteiger partial charge in [0.05, 0.1) is 4.90 Å². The Hall–Kier alpha value is -2.23. The Balaban J connectivity index is 1.72. The van der Waals surface area contributed by atoms with Gasteiger partial charge in [-0.1, -0.05) is 12.1 Å². The highest BCUT2D eigenvalue weighted by molar-refractivity contribution is 7.89. The van der Waals surface area contributed by atoms with Crippen LogP contribution < -0.4 is 10.5 Å². The number of nitrogens with two attached hydrogens (primary N) is 1. The molecular weight excluding hydrogens is 364 g/mol. The van der Waals surface area contributed by atoms with Crippen LogP contribution in [0.3, 0.4) is 0 Å². The summed E-state index contributed by atoms with van der Waals surface area (Å²) in [5, 5.41) is 7.65. The van der Waals surface area contributed by atoms with Crippen LogP contribution in [0.5, 0.6) is 0 Å². The number of primary sulfonamides is 1. The third-order valence-electron chi connectivity index (χ3n) is 3.26. The molecule has 0 fully saturated rings. The van der Waals surface area contributed by atoms with E-state index in [0.717, 1.165) is 10.4 Å². The minimum absolute atomic E-state index is 0.0380. The molecule has 1 aromatic heterocycles.